The fourth-order valence-electron chi connectivity index (χ4n) is 5.00. The number of unbranched alkanes of at least 4 members (excludes halogenated alkanes) is 3. The Kier molecular flexibility index (Phi) is 11.6. The summed E-state index contributed by atoms with van der Waals surface area (Å²) >= 11 is 5.74. The number of ether oxygens (including phenoxy) is 2. The first-order valence-corrected chi connectivity index (χ1v) is 16.5. The largest absolute Gasteiger partial charge is 0.493 e. The number of benzene rings is 2. The van der Waals surface area contributed by atoms with Crippen LogP contribution in [0.25, 0.3) is 0 Å². The number of nitrogens with one attached hydrogen (secondary N) is 1. The number of fused-ring (bicyclic) bond motifs is 1. The molecular weight excluding hydrogens is 568 g/mol. The second-order valence-electron chi connectivity index (χ2n) is 10.1. The third-order valence-electron chi connectivity index (χ3n) is 6.91. The number of amides is 3. The molecule has 0 aromatic heterocycles. The molecule has 0 saturated heterocycles. The second kappa shape index (κ2) is 14.7. The number of imide groups is 1. The number of anilines is 1. The Morgan fingerprint density at radius 2 is 1.73 bits per heavy atom. The number of alkyl halides is 1. The van der Waals surface area contributed by atoms with Crippen molar-refractivity contribution in [3.8, 4) is 11.5 Å². The topological polar surface area (TPSA) is 119 Å². The number of rotatable bonds is 16. The summed E-state index contributed by atoms with van der Waals surface area (Å²) in [6.45, 7) is 4.24. The third-order valence-corrected chi connectivity index (χ3v) is 8.10. The predicted octanol–water partition coefficient (Wildman–Crippen LogP) is 5.56. The molecule has 0 radical (unpaired) electrons. The maximum absolute atomic E-state index is 14.1. The van der Waals surface area contributed by atoms with Gasteiger partial charge in [0, 0.05) is 18.6 Å². The van der Waals surface area contributed by atoms with Crippen molar-refractivity contribution in [3.05, 3.63) is 52.6 Å². The molecule has 0 saturated carbocycles. The van der Waals surface area contributed by atoms with E-state index in [0.29, 0.717) is 48.0 Å². The lowest BCUT2D eigenvalue weighted by Crippen LogP contribution is -2.38. The molecule has 11 heteroatoms. The van der Waals surface area contributed by atoms with Gasteiger partial charge in [-0.15, -0.1) is 11.6 Å². The molecule has 3 amide bonds. The van der Waals surface area contributed by atoms with Gasteiger partial charge in [0.2, 0.25) is 5.91 Å². The lowest BCUT2D eigenvalue weighted by atomic mass is 9.96. The van der Waals surface area contributed by atoms with Crippen LogP contribution >= 0.6 is 11.6 Å². The molecule has 0 bridgehead atoms. The lowest BCUT2D eigenvalue weighted by Gasteiger charge is -2.27. The Bertz CT molecular complexity index is 1380. The minimum absolute atomic E-state index is 0.0826. The van der Waals surface area contributed by atoms with Crippen molar-refractivity contribution in [1.82, 2.24) is 4.90 Å². The smallest absolute Gasteiger partial charge is 0.264 e. The number of hydrogen-bond donors (Lipinski definition) is 1. The van der Waals surface area contributed by atoms with Crippen LogP contribution < -0.4 is 14.8 Å². The Morgan fingerprint density at radius 3 is 2.37 bits per heavy atom. The highest BCUT2D eigenvalue weighted by atomic mass is 35.5. The molecule has 0 unspecified atom stereocenters. The highest BCUT2D eigenvalue weighted by Crippen LogP contribution is 2.40. The molecule has 9 nitrogen and oxygen atoms in total. The summed E-state index contributed by atoms with van der Waals surface area (Å²) in [5.74, 6) is -0.943. The van der Waals surface area contributed by atoms with Gasteiger partial charge in [-0.2, -0.15) is 0 Å². The van der Waals surface area contributed by atoms with E-state index in [4.69, 9.17) is 21.1 Å². The third kappa shape index (κ3) is 8.01. The van der Waals surface area contributed by atoms with Gasteiger partial charge in [0.05, 0.1) is 42.3 Å². The Morgan fingerprint density at radius 1 is 1.00 bits per heavy atom. The van der Waals surface area contributed by atoms with Crippen molar-refractivity contribution in [1.29, 1.82) is 0 Å². The van der Waals surface area contributed by atoms with Crippen LogP contribution in [0.4, 0.5) is 5.69 Å². The van der Waals surface area contributed by atoms with Crippen LogP contribution in [0.5, 0.6) is 11.5 Å². The predicted molar refractivity (Wildman–Crippen MR) is 160 cm³/mol. The van der Waals surface area contributed by atoms with E-state index in [9.17, 15) is 22.8 Å². The van der Waals surface area contributed by atoms with Gasteiger partial charge in [0.25, 0.3) is 11.8 Å². The maximum atomic E-state index is 14.1. The number of sulfone groups is 1. The zero-order valence-corrected chi connectivity index (χ0v) is 25.7. The van der Waals surface area contributed by atoms with Gasteiger partial charge in [-0.1, -0.05) is 38.3 Å². The van der Waals surface area contributed by atoms with Crippen LogP contribution in [0.15, 0.2) is 30.3 Å². The molecule has 2 aromatic rings. The average Bonchev–Trinajstić information content (AvgIpc) is 3.19. The monoisotopic (exact) mass is 606 g/mol. The van der Waals surface area contributed by atoms with E-state index in [0.717, 1.165) is 36.8 Å². The number of halogens is 1. The van der Waals surface area contributed by atoms with Gasteiger partial charge < -0.3 is 14.8 Å². The van der Waals surface area contributed by atoms with Crippen LogP contribution in [0, 0.1) is 0 Å². The molecule has 2 aromatic carbocycles. The summed E-state index contributed by atoms with van der Waals surface area (Å²) in [6.07, 6.45) is 6.15. The fourth-order valence-corrected chi connectivity index (χ4v) is 6.05. The van der Waals surface area contributed by atoms with Gasteiger partial charge in [-0.05, 0) is 55.5 Å². The highest BCUT2D eigenvalue weighted by Gasteiger charge is 2.44. The molecule has 0 aliphatic carbocycles. The number of carbonyl (C=O) groups excluding carboxylic acids is 3. The van der Waals surface area contributed by atoms with Crippen LogP contribution in [0.2, 0.25) is 0 Å². The SMILES string of the molecule is CCCCCCc1ccc(NC(=O)CCCCl)c2c1C(=O)N([C@H](CS(C)(=O)=O)c1ccc(OC)c(OCC)c1)C2=O. The van der Waals surface area contributed by atoms with Crippen molar-refractivity contribution in [2.75, 3.05) is 36.9 Å². The maximum Gasteiger partial charge on any atom is 0.264 e. The molecule has 1 atom stereocenters. The van der Waals surface area contributed by atoms with Crippen molar-refractivity contribution < 1.29 is 32.3 Å². The fraction of sp³-hybridized carbons (Fsp3) is 0.500. The first kappa shape index (κ1) is 32.4. The molecule has 224 valence electrons. The molecule has 0 spiro atoms. The minimum Gasteiger partial charge on any atom is -0.493 e. The van der Waals surface area contributed by atoms with Crippen molar-refractivity contribution in [2.24, 2.45) is 0 Å². The Labute approximate surface area is 247 Å². The van der Waals surface area contributed by atoms with Gasteiger partial charge in [0.15, 0.2) is 11.5 Å². The normalized spacial score (nSPS) is 13.7. The van der Waals surface area contributed by atoms with E-state index in [2.05, 4.69) is 12.2 Å². The summed E-state index contributed by atoms with van der Waals surface area (Å²) < 4.78 is 36.3. The van der Waals surface area contributed by atoms with E-state index < -0.39 is 33.4 Å². The number of nitrogens with zero attached hydrogens (tertiary/aromatic N) is 1. The molecule has 0 fully saturated rings. The molecule has 1 heterocycles. The van der Waals surface area contributed by atoms with E-state index >= 15 is 0 Å². The molecule has 1 N–H and O–H groups in total. The molecule has 41 heavy (non-hydrogen) atoms. The highest BCUT2D eigenvalue weighted by molar-refractivity contribution is 7.90. The summed E-state index contributed by atoms with van der Waals surface area (Å²) in [7, 11) is -2.17. The summed E-state index contributed by atoms with van der Waals surface area (Å²) in [6, 6.07) is 7.13. The first-order valence-electron chi connectivity index (χ1n) is 13.9. The van der Waals surface area contributed by atoms with Gasteiger partial charge >= 0.3 is 0 Å². The Balaban J connectivity index is 2.13. The summed E-state index contributed by atoms with van der Waals surface area (Å²) in [4.78, 5) is 41.7. The number of carbonyl (C=O) groups is 3. The van der Waals surface area contributed by atoms with Crippen LogP contribution in [-0.4, -0.2) is 62.6 Å². The van der Waals surface area contributed by atoms with Crippen LogP contribution in [0.3, 0.4) is 0 Å². The van der Waals surface area contributed by atoms with E-state index in [1.165, 1.54) is 7.11 Å². The summed E-state index contributed by atoms with van der Waals surface area (Å²) in [5.41, 5.74) is 1.61. The lowest BCUT2D eigenvalue weighted by molar-refractivity contribution is -0.116. The molecular formula is C30H39ClN2O7S. The van der Waals surface area contributed by atoms with Crippen molar-refractivity contribution in [2.45, 2.75) is 64.8 Å². The number of methoxy groups -OCH3 is 1. The van der Waals surface area contributed by atoms with E-state index in [-0.39, 0.29) is 29.1 Å². The van der Waals surface area contributed by atoms with Gasteiger partial charge in [-0.3, -0.25) is 19.3 Å². The van der Waals surface area contributed by atoms with E-state index in [1.807, 2.05) is 0 Å². The molecule has 1 aliphatic heterocycles. The number of aryl methyl sites for hydroxylation is 1. The van der Waals surface area contributed by atoms with Crippen LogP contribution in [-0.2, 0) is 21.1 Å². The number of hydrogen-bond acceptors (Lipinski definition) is 7. The van der Waals surface area contributed by atoms with Crippen molar-refractivity contribution in [3.63, 3.8) is 0 Å². The summed E-state index contributed by atoms with van der Waals surface area (Å²) in [5, 5.41) is 2.77. The Hall–Kier alpha value is -3.11. The zero-order valence-electron chi connectivity index (χ0n) is 24.1. The standard InChI is InChI=1S/C30H39ClN2O7S/c1-5-7-8-9-11-20-13-15-22(32-26(34)12-10-17-31)28-27(20)29(35)33(30(28)36)23(19-41(4,37)38)21-14-16-24(39-3)25(18-21)40-6-2/h13-16,18,23H,5-12,17,19H2,1-4H3,(H,32,34)/t23-/m1/s1. The first-order chi connectivity index (χ1) is 19.6. The molecule has 3 rings (SSSR count). The quantitative estimate of drug-likeness (QED) is 0.151. The minimum atomic E-state index is -3.65. The van der Waals surface area contributed by atoms with E-state index in [1.54, 1.807) is 37.3 Å². The van der Waals surface area contributed by atoms with Crippen molar-refractivity contribution >= 4 is 44.8 Å². The molecule has 1 aliphatic rings. The average molecular weight is 607 g/mol. The zero-order chi connectivity index (χ0) is 30.2. The van der Waals surface area contributed by atoms with Gasteiger partial charge in [0.1, 0.15) is 9.84 Å². The van der Waals surface area contributed by atoms with Crippen LogP contribution in [0.1, 0.15) is 90.3 Å². The second-order valence-corrected chi connectivity index (χ2v) is 12.7. The van der Waals surface area contributed by atoms with Gasteiger partial charge in [-0.25, -0.2) is 8.42 Å².